The summed E-state index contributed by atoms with van der Waals surface area (Å²) in [5.74, 6) is -3.76. The van der Waals surface area contributed by atoms with Crippen LogP contribution in [-0.2, 0) is 19.1 Å². The second-order valence-corrected chi connectivity index (χ2v) is 10.9. The molecule has 35 heavy (non-hydrogen) atoms. The van der Waals surface area contributed by atoms with Gasteiger partial charge in [0.2, 0.25) is 5.91 Å². The summed E-state index contributed by atoms with van der Waals surface area (Å²) in [5.41, 5.74) is -0.742. The van der Waals surface area contributed by atoms with Crippen LogP contribution in [-0.4, -0.2) is 75.2 Å². The lowest BCUT2D eigenvalue weighted by atomic mass is 9.70. The van der Waals surface area contributed by atoms with E-state index in [0.29, 0.717) is 36.5 Å². The molecule has 2 N–H and O–H groups in total. The molecule has 1 aromatic carbocycles. The molecule has 6 atom stereocenters. The van der Waals surface area contributed by atoms with E-state index in [-0.39, 0.29) is 29.8 Å². The van der Waals surface area contributed by atoms with E-state index in [9.17, 15) is 19.5 Å². The first-order chi connectivity index (χ1) is 16.8. The van der Waals surface area contributed by atoms with E-state index in [2.05, 4.69) is 22.5 Å². The zero-order valence-corrected chi connectivity index (χ0v) is 21.7. The van der Waals surface area contributed by atoms with Crippen molar-refractivity contribution in [2.75, 3.05) is 24.6 Å². The van der Waals surface area contributed by atoms with E-state index in [0.717, 1.165) is 12.8 Å². The van der Waals surface area contributed by atoms with Gasteiger partial charge in [-0.2, -0.15) is 0 Å². The number of aliphatic carboxylic acids is 1. The lowest BCUT2D eigenvalue weighted by Crippen LogP contribution is -2.57. The molecule has 3 saturated heterocycles. The Labute approximate surface area is 218 Å². The second kappa shape index (κ2) is 10.6. The fraction of sp³-hybridized carbons (Fsp3) is 0.560. The molecule has 3 fully saturated rings. The zero-order valence-electron chi connectivity index (χ0n) is 19.3. The lowest BCUT2D eigenvalue weighted by Gasteiger charge is -2.37. The summed E-state index contributed by atoms with van der Waals surface area (Å²) in [5, 5.41) is 19.4. The van der Waals surface area contributed by atoms with Gasteiger partial charge in [0.25, 0.3) is 5.91 Å². The van der Waals surface area contributed by atoms with Crippen molar-refractivity contribution in [1.82, 2.24) is 4.90 Å². The molecule has 3 aliphatic rings. The Hall–Kier alpha value is -1.94. The van der Waals surface area contributed by atoms with Gasteiger partial charge in [0.15, 0.2) is 0 Å². The van der Waals surface area contributed by atoms with Crippen molar-refractivity contribution in [3.8, 4) is 0 Å². The third-order valence-electron chi connectivity index (χ3n) is 7.34. The van der Waals surface area contributed by atoms with Gasteiger partial charge in [-0.05, 0) is 31.4 Å². The third-order valence-corrected chi connectivity index (χ3v) is 8.50. The number of halogens is 2. The zero-order chi connectivity index (χ0) is 25.3. The number of fused-ring (bicyclic) bond motifs is 1. The Kier molecular flexibility index (Phi) is 7.90. The van der Waals surface area contributed by atoms with Crippen LogP contribution in [0.15, 0.2) is 36.9 Å². The van der Waals surface area contributed by atoms with E-state index in [4.69, 9.17) is 21.4 Å². The molecule has 0 radical (unpaired) electrons. The number of carbonyl (C=O) groups excluding carboxylic acids is 2. The monoisotopic (exact) mass is 568 g/mol. The van der Waals surface area contributed by atoms with Gasteiger partial charge in [-0.3, -0.25) is 14.4 Å². The molecule has 2 amide bonds. The molecule has 8 nitrogen and oxygen atoms in total. The number of amides is 2. The first-order valence-electron chi connectivity index (χ1n) is 11.9. The Morgan fingerprint density at radius 2 is 2.00 bits per heavy atom. The van der Waals surface area contributed by atoms with Crippen LogP contribution in [0, 0.1) is 11.8 Å². The first kappa shape index (κ1) is 26.1. The quantitative estimate of drug-likeness (QED) is 0.241. The van der Waals surface area contributed by atoms with Gasteiger partial charge in [0, 0.05) is 24.5 Å². The molecule has 10 heteroatoms. The number of aliphatic hydroxyl groups excluding tert-OH is 1. The summed E-state index contributed by atoms with van der Waals surface area (Å²) >= 11 is 9.99. The highest BCUT2D eigenvalue weighted by Crippen LogP contribution is 2.60. The van der Waals surface area contributed by atoms with Crippen LogP contribution in [0.2, 0.25) is 5.02 Å². The normalized spacial score (nSPS) is 31.0. The molecule has 2 bridgehead atoms. The van der Waals surface area contributed by atoms with Crippen LogP contribution in [0.25, 0.3) is 0 Å². The number of hydrogen-bond acceptors (Lipinski definition) is 5. The summed E-state index contributed by atoms with van der Waals surface area (Å²) in [6.45, 7) is 4.36. The molecular formula is C25H30BrClN2O6. The number of anilines is 1. The average molecular weight is 570 g/mol. The van der Waals surface area contributed by atoms with Crippen molar-refractivity contribution >= 4 is 51.0 Å². The molecule has 0 saturated carbocycles. The standard InChI is InChI=1S/C25H30BrClN2O6/c1-2-11-28(17-10-6-5-9-16(17)27)23(32)21-25-14-15(26)20(35-25)18(24(33)34)19(25)22(31)29(21)12-7-3-4-8-13-30/h2,5-6,9-10,15,18-21,30H,1,3-4,7-8,11-14H2,(H,33,34)/t15?,18-,19-,20-,21?,25?/m0/s1. The van der Waals surface area contributed by atoms with Gasteiger partial charge >= 0.3 is 5.97 Å². The minimum atomic E-state index is -1.23. The maximum Gasteiger partial charge on any atom is 0.310 e. The van der Waals surface area contributed by atoms with E-state index < -0.39 is 35.6 Å². The van der Waals surface area contributed by atoms with Gasteiger partial charge in [-0.15, -0.1) is 6.58 Å². The highest BCUT2D eigenvalue weighted by atomic mass is 79.9. The number of carboxylic acids is 1. The summed E-state index contributed by atoms with van der Waals surface area (Å²) in [7, 11) is 0. The van der Waals surface area contributed by atoms with Crippen molar-refractivity contribution in [3.63, 3.8) is 0 Å². The fourth-order valence-corrected chi connectivity index (χ4v) is 7.11. The van der Waals surface area contributed by atoms with E-state index in [1.54, 1.807) is 30.3 Å². The lowest BCUT2D eigenvalue weighted by molar-refractivity contribution is -0.149. The Balaban J connectivity index is 1.73. The van der Waals surface area contributed by atoms with Crippen LogP contribution < -0.4 is 4.90 Å². The number of unbranched alkanes of at least 4 members (excludes halogenated alkanes) is 3. The van der Waals surface area contributed by atoms with E-state index in [1.165, 1.54) is 9.80 Å². The minimum absolute atomic E-state index is 0.103. The summed E-state index contributed by atoms with van der Waals surface area (Å²) in [4.78, 5) is 42.9. The minimum Gasteiger partial charge on any atom is -0.481 e. The number of nitrogens with zero attached hydrogens (tertiary/aromatic N) is 2. The number of aliphatic hydroxyl groups is 1. The number of rotatable bonds is 11. The Morgan fingerprint density at radius 1 is 1.29 bits per heavy atom. The largest absolute Gasteiger partial charge is 0.481 e. The smallest absolute Gasteiger partial charge is 0.310 e. The summed E-state index contributed by atoms with van der Waals surface area (Å²) in [6, 6.07) is 5.98. The molecular weight excluding hydrogens is 540 g/mol. The van der Waals surface area contributed by atoms with Gasteiger partial charge in [0.1, 0.15) is 11.6 Å². The highest BCUT2D eigenvalue weighted by Gasteiger charge is 2.76. The number of benzene rings is 1. The van der Waals surface area contributed by atoms with Crippen molar-refractivity contribution in [2.45, 2.75) is 54.7 Å². The van der Waals surface area contributed by atoms with Gasteiger partial charge in [-0.25, -0.2) is 0 Å². The molecule has 1 spiro atoms. The summed E-state index contributed by atoms with van der Waals surface area (Å²) < 4.78 is 6.31. The molecule has 0 aromatic heterocycles. The number of carbonyl (C=O) groups is 3. The number of ether oxygens (including phenoxy) is 1. The van der Waals surface area contributed by atoms with E-state index >= 15 is 0 Å². The molecule has 190 valence electrons. The number of alkyl halides is 1. The van der Waals surface area contributed by atoms with Crippen LogP contribution in [0.1, 0.15) is 32.1 Å². The summed E-state index contributed by atoms with van der Waals surface area (Å²) in [6.07, 6.45) is 4.14. The van der Waals surface area contributed by atoms with Crippen molar-refractivity contribution in [1.29, 1.82) is 0 Å². The average Bonchev–Trinajstić information content (AvgIpc) is 3.41. The highest BCUT2D eigenvalue weighted by molar-refractivity contribution is 9.09. The van der Waals surface area contributed by atoms with Crippen molar-refractivity contribution < 1.29 is 29.3 Å². The van der Waals surface area contributed by atoms with Gasteiger partial charge in [-0.1, -0.05) is 58.6 Å². The van der Waals surface area contributed by atoms with Crippen molar-refractivity contribution in [2.24, 2.45) is 11.8 Å². The third kappa shape index (κ3) is 4.41. The second-order valence-electron chi connectivity index (χ2n) is 9.36. The van der Waals surface area contributed by atoms with Crippen LogP contribution in [0.4, 0.5) is 5.69 Å². The Morgan fingerprint density at radius 3 is 2.66 bits per heavy atom. The van der Waals surface area contributed by atoms with Crippen molar-refractivity contribution in [3.05, 3.63) is 41.9 Å². The SMILES string of the molecule is C=CCN(C(=O)C1N(CCCCCCO)C(=O)[C@@H]2[C@H](C(=O)O)[C@H]3OC12CC3Br)c1ccccc1Cl. The number of carboxylic acid groups (broad SMARTS) is 1. The predicted octanol–water partition coefficient (Wildman–Crippen LogP) is 3.24. The molecule has 3 unspecified atom stereocenters. The fourth-order valence-electron chi connectivity index (χ4n) is 5.93. The molecule has 3 heterocycles. The molecule has 3 aliphatic heterocycles. The topological polar surface area (TPSA) is 107 Å². The molecule has 0 aliphatic carbocycles. The molecule has 4 rings (SSSR count). The van der Waals surface area contributed by atoms with Crippen LogP contribution >= 0.6 is 27.5 Å². The number of likely N-dealkylation sites (tertiary alicyclic amines) is 1. The number of hydrogen-bond donors (Lipinski definition) is 2. The first-order valence-corrected chi connectivity index (χ1v) is 13.2. The maximum absolute atomic E-state index is 14.2. The maximum atomic E-state index is 14.2. The Bertz CT molecular complexity index is 1010. The van der Waals surface area contributed by atoms with Crippen LogP contribution in [0.3, 0.4) is 0 Å². The van der Waals surface area contributed by atoms with Gasteiger partial charge in [0.05, 0.1) is 28.6 Å². The predicted molar refractivity (Wildman–Crippen MR) is 135 cm³/mol. The van der Waals surface area contributed by atoms with E-state index in [1.807, 2.05) is 0 Å². The number of para-hydroxylation sites is 1. The molecule has 1 aromatic rings. The van der Waals surface area contributed by atoms with Crippen LogP contribution in [0.5, 0.6) is 0 Å². The van der Waals surface area contributed by atoms with Gasteiger partial charge < -0.3 is 24.7 Å².